The van der Waals surface area contributed by atoms with Gasteiger partial charge in [-0.2, -0.15) is 17.9 Å². The quantitative estimate of drug-likeness (QED) is 0.742. The van der Waals surface area contributed by atoms with Gasteiger partial charge in [0.25, 0.3) is 5.91 Å². The average molecular weight is 385 g/mol. The third kappa shape index (κ3) is 3.51. The first-order valence-electron chi connectivity index (χ1n) is 7.44. The summed E-state index contributed by atoms with van der Waals surface area (Å²) < 4.78 is 65.2. The number of carbonyl (C=O) groups is 1. The fraction of sp³-hybridized carbons (Fsp3) is 0.188. The van der Waals surface area contributed by atoms with Crippen LogP contribution in [0.1, 0.15) is 11.1 Å². The summed E-state index contributed by atoms with van der Waals surface area (Å²) in [5.41, 5.74) is -0.0879. The Kier molecular flexibility index (Phi) is 4.41. The number of amides is 1. The Bertz CT molecular complexity index is 974. The summed E-state index contributed by atoms with van der Waals surface area (Å²) in [6.45, 7) is 1.75. The molecule has 0 aromatic heterocycles. The number of carbonyl (C=O) groups excluding carboxylic acids is 1. The van der Waals surface area contributed by atoms with E-state index in [4.69, 9.17) is 0 Å². The highest BCUT2D eigenvalue weighted by Gasteiger charge is 2.37. The largest absolute Gasteiger partial charge is 0.416 e. The summed E-state index contributed by atoms with van der Waals surface area (Å²) in [7, 11) is -4.14. The first kappa shape index (κ1) is 18.2. The average Bonchev–Trinajstić information content (AvgIpc) is 2.55. The van der Waals surface area contributed by atoms with Crippen LogP contribution in [0.3, 0.4) is 0 Å². The smallest absolute Gasteiger partial charge is 0.360 e. The standard InChI is InChI=1S/C16H14F3N3O3S/c1-9-4-2-3-5-11(9)21-15(23)14-20-12-8-10(16(17,18)19)6-7-13(12)26(24,25)22-14/h2-8,14,20,22H,1H3,(H,21,23). The summed E-state index contributed by atoms with van der Waals surface area (Å²) >= 11 is 0. The maximum absolute atomic E-state index is 12.9. The number of halogens is 3. The molecule has 6 nitrogen and oxygen atoms in total. The molecule has 1 atom stereocenters. The molecule has 1 amide bonds. The van der Waals surface area contributed by atoms with Crippen molar-refractivity contribution in [3.05, 3.63) is 53.6 Å². The number of anilines is 2. The summed E-state index contributed by atoms with van der Waals surface area (Å²) in [5.74, 6) is -0.745. The topological polar surface area (TPSA) is 87.3 Å². The Labute approximate surface area is 147 Å². The van der Waals surface area contributed by atoms with E-state index in [1.807, 2.05) is 0 Å². The van der Waals surface area contributed by atoms with Crippen molar-refractivity contribution >= 4 is 27.3 Å². The molecule has 0 saturated carbocycles. The van der Waals surface area contributed by atoms with Crippen LogP contribution in [0.4, 0.5) is 24.5 Å². The van der Waals surface area contributed by atoms with Crippen LogP contribution < -0.4 is 15.4 Å². The number of hydrogen-bond donors (Lipinski definition) is 3. The lowest BCUT2D eigenvalue weighted by atomic mass is 10.2. The second kappa shape index (κ2) is 6.29. The zero-order valence-electron chi connectivity index (χ0n) is 13.4. The van der Waals surface area contributed by atoms with Gasteiger partial charge in [-0.1, -0.05) is 18.2 Å². The molecule has 26 heavy (non-hydrogen) atoms. The van der Waals surface area contributed by atoms with Crippen molar-refractivity contribution in [2.24, 2.45) is 0 Å². The van der Waals surface area contributed by atoms with Crippen LogP contribution in [0.2, 0.25) is 0 Å². The number of hydrogen-bond acceptors (Lipinski definition) is 4. The third-order valence-corrected chi connectivity index (χ3v) is 5.32. The summed E-state index contributed by atoms with van der Waals surface area (Å²) in [4.78, 5) is 12.0. The molecule has 2 aromatic rings. The molecule has 1 aliphatic rings. The molecular weight excluding hydrogens is 371 g/mol. The van der Waals surface area contributed by atoms with Crippen LogP contribution in [0.15, 0.2) is 47.4 Å². The molecular formula is C16H14F3N3O3S. The van der Waals surface area contributed by atoms with Gasteiger partial charge in [0.05, 0.1) is 11.3 Å². The van der Waals surface area contributed by atoms with Gasteiger partial charge in [0.15, 0.2) is 6.17 Å². The number of nitrogens with one attached hydrogen (secondary N) is 3. The fourth-order valence-electron chi connectivity index (χ4n) is 2.49. The van der Waals surface area contributed by atoms with Gasteiger partial charge in [-0.15, -0.1) is 0 Å². The van der Waals surface area contributed by atoms with Crippen molar-refractivity contribution < 1.29 is 26.4 Å². The SMILES string of the molecule is Cc1ccccc1NC(=O)C1Nc2cc(C(F)(F)F)ccc2S(=O)(=O)N1. The highest BCUT2D eigenvalue weighted by Crippen LogP contribution is 2.35. The van der Waals surface area contributed by atoms with Crippen molar-refractivity contribution in [1.29, 1.82) is 0 Å². The Hall–Kier alpha value is -2.59. The molecule has 1 aliphatic heterocycles. The Morgan fingerprint density at radius 3 is 2.50 bits per heavy atom. The van der Waals surface area contributed by atoms with Crippen LogP contribution in [0, 0.1) is 6.92 Å². The van der Waals surface area contributed by atoms with E-state index in [9.17, 15) is 26.4 Å². The lowest BCUT2D eigenvalue weighted by Crippen LogP contribution is -2.51. The number of para-hydroxylation sites is 1. The number of fused-ring (bicyclic) bond motifs is 1. The molecule has 0 fully saturated rings. The minimum absolute atomic E-state index is 0.288. The second-order valence-corrected chi connectivity index (χ2v) is 7.39. The predicted molar refractivity (Wildman–Crippen MR) is 89.0 cm³/mol. The number of sulfonamides is 1. The van der Waals surface area contributed by atoms with Crippen molar-refractivity contribution in [2.75, 3.05) is 10.6 Å². The molecule has 0 radical (unpaired) electrons. The van der Waals surface area contributed by atoms with Crippen LogP contribution >= 0.6 is 0 Å². The van der Waals surface area contributed by atoms with Crippen molar-refractivity contribution in [2.45, 2.75) is 24.2 Å². The van der Waals surface area contributed by atoms with Crippen molar-refractivity contribution in [3.8, 4) is 0 Å². The van der Waals surface area contributed by atoms with Crippen molar-refractivity contribution in [1.82, 2.24) is 4.72 Å². The van der Waals surface area contributed by atoms with Gasteiger partial charge in [-0.3, -0.25) is 4.79 Å². The van der Waals surface area contributed by atoms with E-state index in [-0.39, 0.29) is 10.6 Å². The number of rotatable bonds is 2. The van der Waals surface area contributed by atoms with Gasteiger partial charge in [0, 0.05) is 5.69 Å². The van der Waals surface area contributed by atoms with Gasteiger partial charge in [0.1, 0.15) is 4.90 Å². The van der Waals surface area contributed by atoms with Gasteiger partial charge < -0.3 is 10.6 Å². The summed E-state index contributed by atoms with van der Waals surface area (Å²) in [5, 5.41) is 5.04. The maximum atomic E-state index is 12.9. The summed E-state index contributed by atoms with van der Waals surface area (Å²) in [6.07, 6.45) is -6.08. The molecule has 2 aromatic carbocycles. The lowest BCUT2D eigenvalue weighted by molar-refractivity contribution is -0.137. The number of benzene rings is 2. The normalized spacial score (nSPS) is 18.5. The summed E-state index contributed by atoms with van der Waals surface area (Å²) in [6, 6.07) is 9.02. The Morgan fingerprint density at radius 1 is 1.15 bits per heavy atom. The molecule has 0 spiro atoms. The highest BCUT2D eigenvalue weighted by atomic mass is 32.2. The van der Waals surface area contributed by atoms with E-state index < -0.39 is 33.8 Å². The van der Waals surface area contributed by atoms with Crippen LogP contribution in [-0.2, 0) is 21.0 Å². The van der Waals surface area contributed by atoms with E-state index in [1.54, 1.807) is 31.2 Å². The zero-order chi connectivity index (χ0) is 19.1. The Balaban J connectivity index is 1.91. The van der Waals surface area contributed by atoms with Gasteiger partial charge in [0.2, 0.25) is 10.0 Å². The molecule has 1 unspecified atom stereocenters. The number of alkyl halides is 3. The minimum Gasteiger partial charge on any atom is -0.360 e. The first-order valence-corrected chi connectivity index (χ1v) is 8.93. The first-order chi connectivity index (χ1) is 12.1. The molecule has 0 aliphatic carbocycles. The molecule has 0 bridgehead atoms. The lowest BCUT2D eigenvalue weighted by Gasteiger charge is -2.28. The van der Waals surface area contributed by atoms with Crippen molar-refractivity contribution in [3.63, 3.8) is 0 Å². The fourth-order valence-corrected chi connectivity index (χ4v) is 3.75. The molecule has 1 heterocycles. The van der Waals surface area contributed by atoms with Gasteiger partial charge in [-0.05, 0) is 36.8 Å². The highest BCUT2D eigenvalue weighted by molar-refractivity contribution is 7.89. The van der Waals surface area contributed by atoms with Crippen LogP contribution in [0.25, 0.3) is 0 Å². The van der Waals surface area contributed by atoms with Gasteiger partial charge >= 0.3 is 6.18 Å². The van der Waals surface area contributed by atoms with E-state index in [0.717, 1.165) is 11.6 Å². The van der Waals surface area contributed by atoms with Gasteiger partial charge in [-0.25, -0.2) is 8.42 Å². The number of aryl methyl sites for hydroxylation is 1. The third-order valence-electron chi connectivity index (χ3n) is 3.83. The molecule has 3 rings (SSSR count). The maximum Gasteiger partial charge on any atom is 0.416 e. The van der Waals surface area contributed by atoms with E-state index in [2.05, 4.69) is 15.4 Å². The minimum atomic E-state index is -4.63. The predicted octanol–water partition coefficient (Wildman–Crippen LogP) is 2.68. The molecule has 10 heteroatoms. The van der Waals surface area contributed by atoms with E-state index in [1.165, 1.54) is 0 Å². The van der Waals surface area contributed by atoms with Crippen LogP contribution in [0.5, 0.6) is 0 Å². The zero-order valence-corrected chi connectivity index (χ0v) is 14.2. The van der Waals surface area contributed by atoms with Crippen LogP contribution in [-0.4, -0.2) is 20.5 Å². The molecule has 3 N–H and O–H groups in total. The molecule has 0 saturated heterocycles. The molecule has 138 valence electrons. The monoisotopic (exact) mass is 385 g/mol. The second-order valence-electron chi connectivity index (χ2n) is 5.71. The van der Waals surface area contributed by atoms with E-state index >= 15 is 0 Å². The van der Waals surface area contributed by atoms with E-state index in [0.29, 0.717) is 17.8 Å². The Morgan fingerprint density at radius 2 is 1.85 bits per heavy atom.